The third kappa shape index (κ3) is 3.99. The first-order valence-electron chi connectivity index (χ1n) is 2.91. The van der Waals surface area contributed by atoms with Crippen molar-refractivity contribution in [2.24, 2.45) is 0 Å². The van der Waals surface area contributed by atoms with Crippen LogP contribution in [-0.2, 0) is 10.1 Å². The van der Waals surface area contributed by atoms with Crippen LogP contribution < -0.4 is 0 Å². The van der Waals surface area contributed by atoms with Gasteiger partial charge in [0.2, 0.25) is 0 Å². The van der Waals surface area contributed by atoms with Crippen LogP contribution in [0.1, 0.15) is 2.85 Å². The molecule has 0 unspecified atom stereocenters. The van der Waals surface area contributed by atoms with Gasteiger partial charge in [0.1, 0.15) is 16.4 Å². The SMILES string of the molecule is O.O=S(=O)(O)c1cc(O)ccc1O.[Ca+2].[H-].[H-]. The van der Waals surface area contributed by atoms with E-state index in [1.807, 2.05) is 0 Å². The molecule has 0 atom stereocenters. The third-order valence-corrected chi connectivity index (χ3v) is 2.10. The first kappa shape index (κ1) is 16.4. The molecule has 0 amide bonds. The van der Waals surface area contributed by atoms with Crippen molar-refractivity contribution >= 4 is 47.9 Å². The van der Waals surface area contributed by atoms with Gasteiger partial charge in [0.25, 0.3) is 10.1 Å². The average Bonchev–Trinajstić information content (AvgIpc) is 1.92. The van der Waals surface area contributed by atoms with E-state index in [1.165, 1.54) is 0 Å². The van der Waals surface area contributed by atoms with Crippen LogP contribution in [0.3, 0.4) is 0 Å². The number of phenols is 2. The van der Waals surface area contributed by atoms with Crippen LogP contribution in [0.25, 0.3) is 0 Å². The molecule has 0 radical (unpaired) electrons. The standard InChI is InChI=1S/C6H6O5S.Ca.H2O.2H/c7-4-1-2-5(8)6(3-4)12(9,10)11;;;;/h1-3,7-8H,(H,9,10,11);;1H2;;/q;+2;;2*-1. The van der Waals surface area contributed by atoms with Crippen LogP contribution in [0.15, 0.2) is 23.1 Å². The van der Waals surface area contributed by atoms with Gasteiger partial charge in [-0.1, -0.05) is 0 Å². The van der Waals surface area contributed by atoms with Crippen molar-refractivity contribution in [2.45, 2.75) is 4.90 Å². The molecule has 14 heavy (non-hydrogen) atoms. The number of aromatic hydroxyl groups is 2. The first-order valence-corrected chi connectivity index (χ1v) is 4.35. The summed E-state index contributed by atoms with van der Waals surface area (Å²) in [4.78, 5) is -0.706. The maximum absolute atomic E-state index is 10.5. The van der Waals surface area contributed by atoms with Crippen molar-refractivity contribution in [3.05, 3.63) is 18.2 Å². The summed E-state index contributed by atoms with van der Waals surface area (Å²) in [5.41, 5.74) is 0. The van der Waals surface area contributed by atoms with E-state index in [-0.39, 0.29) is 51.8 Å². The maximum atomic E-state index is 10.5. The predicted molar refractivity (Wildman–Crippen MR) is 51.2 cm³/mol. The van der Waals surface area contributed by atoms with Crippen molar-refractivity contribution < 1.29 is 31.5 Å². The Morgan fingerprint density at radius 2 is 1.71 bits per heavy atom. The van der Waals surface area contributed by atoms with Gasteiger partial charge >= 0.3 is 37.7 Å². The molecule has 0 aliphatic carbocycles. The summed E-state index contributed by atoms with van der Waals surface area (Å²) < 4.78 is 29.5. The Kier molecular flexibility index (Phi) is 6.72. The quantitative estimate of drug-likeness (QED) is 0.347. The number of phenolic OH excluding ortho intramolecular Hbond substituents is 2. The van der Waals surface area contributed by atoms with Gasteiger partial charge in [0.15, 0.2) is 0 Å². The van der Waals surface area contributed by atoms with Crippen LogP contribution in [-0.4, -0.2) is 66.4 Å². The molecular formula is C6H10CaO6S. The second-order valence-electron chi connectivity index (χ2n) is 2.13. The minimum absolute atomic E-state index is 0. The Morgan fingerprint density at radius 3 is 2.07 bits per heavy atom. The zero-order valence-corrected chi connectivity index (χ0v) is 10.0. The summed E-state index contributed by atoms with van der Waals surface area (Å²) in [6.45, 7) is 0. The molecule has 1 aromatic carbocycles. The van der Waals surface area contributed by atoms with E-state index in [0.29, 0.717) is 0 Å². The van der Waals surface area contributed by atoms with Gasteiger partial charge in [0.05, 0.1) is 0 Å². The minimum atomic E-state index is -4.47. The van der Waals surface area contributed by atoms with Gasteiger partial charge in [-0.25, -0.2) is 0 Å². The van der Waals surface area contributed by atoms with Crippen molar-refractivity contribution in [1.29, 1.82) is 0 Å². The number of hydrogen-bond acceptors (Lipinski definition) is 4. The molecule has 0 heterocycles. The van der Waals surface area contributed by atoms with E-state index >= 15 is 0 Å². The topological polar surface area (TPSA) is 126 Å². The van der Waals surface area contributed by atoms with E-state index in [9.17, 15) is 8.42 Å². The number of benzene rings is 1. The normalized spacial score (nSPS) is 9.79. The van der Waals surface area contributed by atoms with Gasteiger partial charge in [0, 0.05) is 6.07 Å². The summed E-state index contributed by atoms with van der Waals surface area (Å²) in [6, 6.07) is 2.83. The van der Waals surface area contributed by atoms with Gasteiger partial charge in [-0.15, -0.1) is 0 Å². The monoisotopic (exact) mass is 250 g/mol. The zero-order valence-electron chi connectivity index (χ0n) is 9.01. The predicted octanol–water partition coefficient (Wildman–Crippen LogP) is -0.636. The van der Waals surface area contributed by atoms with Crippen molar-refractivity contribution in [2.75, 3.05) is 0 Å². The fourth-order valence-corrected chi connectivity index (χ4v) is 1.31. The van der Waals surface area contributed by atoms with E-state index < -0.39 is 20.8 Å². The molecule has 0 saturated carbocycles. The smallest absolute Gasteiger partial charge is 1.00 e. The van der Waals surface area contributed by atoms with E-state index in [0.717, 1.165) is 18.2 Å². The molecule has 5 N–H and O–H groups in total. The van der Waals surface area contributed by atoms with E-state index in [2.05, 4.69) is 0 Å². The number of hydrogen-bond donors (Lipinski definition) is 3. The second-order valence-corrected chi connectivity index (χ2v) is 3.52. The molecule has 0 aromatic heterocycles. The van der Waals surface area contributed by atoms with Gasteiger partial charge in [-0.05, 0) is 12.1 Å². The first-order chi connectivity index (χ1) is 5.41. The molecule has 0 fully saturated rings. The van der Waals surface area contributed by atoms with Crippen LogP contribution in [0.2, 0.25) is 0 Å². The Hall–Kier alpha value is -0.0503. The van der Waals surface area contributed by atoms with Gasteiger partial charge in [-0.2, -0.15) is 8.42 Å². The molecule has 0 aliphatic rings. The average molecular weight is 250 g/mol. The zero-order chi connectivity index (χ0) is 9.35. The van der Waals surface area contributed by atoms with E-state index in [1.54, 1.807) is 0 Å². The van der Waals surface area contributed by atoms with E-state index in [4.69, 9.17) is 14.8 Å². The molecule has 1 aromatic rings. The van der Waals surface area contributed by atoms with Crippen LogP contribution >= 0.6 is 0 Å². The Bertz CT molecular complexity index is 409. The summed E-state index contributed by atoms with van der Waals surface area (Å²) in [6.07, 6.45) is 0. The van der Waals surface area contributed by atoms with Crippen molar-refractivity contribution in [3.8, 4) is 11.5 Å². The molecule has 8 heteroatoms. The molecule has 1 rings (SSSR count). The van der Waals surface area contributed by atoms with Crippen LogP contribution in [0.5, 0.6) is 11.5 Å². The van der Waals surface area contributed by atoms with Gasteiger partial charge < -0.3 is 18.5 Å². The molecule has 78 valence electrons. The van der Waals surface area contributed by atoms with Crippen LogP contribution in [0, 0.1) is 0 Å². The molecular weight excluding hydrogens is 240 g/mol. The van der Waals surface area contributed by atoms with Crippen LogP contribution in [0.4, 0.5) is 0 Å². The maximum Gasteiger partial charge on any atom is 2.00 e. The van der Waals surface area contributed by atoms with Crippen molar-refractivity contribution in [3.63, 3.8) is 0 Å². The molecule has 0 saturated heterocycles. The third-order valence-electron chi connectivity index (χ3n) is 1.22. The molecule has 0 spiro atoms. The molecule has 0 aliphatic heterocycles. The second kappa shape index (κ2) is 5.74. The van der Waals surface area contributed by atoms with Crippen molar-refractivity contribution in [1.82, 2.24) is 0 Å². The van der Waals surface area contributed by atoms with Gasteiger partial charge in [-0.3, -0.25) is 4.55 Å². The largest absolute Gasteiger partial charge is 2.00 e. The summed E-state index contributed by atoms with van der Waals surface area (Å²) >= 11 is 0. The minimum Gasteiger partial charge on any atom is -1.00 e. The fraction of sp³-hybridized carbons (Fsp3) is 0. The fourth-order valence-electron chi connectivity index (χ4n) is 0.709. The molecule has 6 nitrogen and oxygen atoms in total. The summed E-state index contributed by atoms with van der Waals surface area (Å²) in [7, 11) is -4.47. The Labute approximate surface area is 113 Å². The summed E-state index contributed by atoms with van der Waals surface area (Å²) in [5.74, 6) is -0.948. The molecule has 0 bridgehead atoms. The number of rotatable bonds is 1. The Balaban J connectivity index is -0.000000180. The Morgan fingerprint density at radius 1 is 1.21 bits per heavy atom. The summed E-state index contributed by atoms with van der Waals surface area (Å²) in [5, 5.41) is 17.7.